The number of hydrogen-bond donors (Lipinski definition) is 1. The molecule has 2 saturated heterocycles. The SMILES string of the molecule is CN(C)C1CCN(Cc2ccc(NC(=O)c3ccc(B4OC(C)(C)C(C)(C)O4)cc3)cc2)CC1. The van der Waals surface area contributed by atoms with Crippen LogP contribution in [-0.2, 0) is 15.9 Å². The summed E-state index contributed by atoms with van der Waals surface area (Å²) in [7, 11) is 3.91. The number of amides is 1. The van der Waals surface area contributed by atoms with E-state index in [4.69, 9.17) is 9.31 Å². The van der Waals surface area contributed by atoms with E-state index in [1.807, 2.05) is 64.1 Å². The summed E-state index contributed by atoms with van der Waals surface area (Å²) >= 11 is 0. The summed E-state index contributed by atoms with van der Waals surface area (Å²) in [6, 6.07) is 16.3. The molecule has 2 aromatic rings. The monoisotopic (exact) mass is 463 g/mol. The molecule has 0 spiro atoms. The van der Waals surface area contributed by atoms with Crippen LogP contribution in [0.3, 0.4) is 0 Å². The van der Waals surface area contributed by atoms with Crippen LogP contribution >= 0.6 is 0 Å². The standard InChI is InChI=1S/C27H38BN3O3/c1-26(2)27(3,4)34-28(33-26)22-11-9-21(10-12-22)25(32)29-23-13-7-20(8-14-23)19-31-17-15-24(16-18-31)30(5)6/h7-14,24H,15-19H2,1-6H3,(H,29,32). The molecule has 0 saturated carbocycles. The van der Waals surface area contributed by atoms with Crippen molar-refractivity contribution in [2.24, 2.45) is 0 Å². The highest BCUT2D eigenvalue weighted by atomic mass is 16.7. The van der Waals surface area contributed by atoms with Crippen LogP contribution in [0.25, 0.3) is 0 Å². The van der Waals surface area contributed by atoms with Crippen LogP contribution in [0.15, 0.2) is 48.5 Å². The molecule has 0 unspecified atom stereocenters. The summed E-state index contributed by atoms with van der Waals surface area (Å²) in [6.07, 6.45) is 2.43. The average Bonchev–Trinajstić information content (AvgIpc) is 3.02. The number of anilines is 1. The van der Waals surface area contributed by atoms with Crippen molar-refractivity contribution in [2.75, 3.05) is 32.5 Å². The maximum atomic E-state index is 12.8. The molecule has 2 aromatic carbocycles. The van der Waals surface area contributed by atoms with Crippen molar-refractivity contribution in [2.45, 2.75) is 64.3 Å². The molecule has 2 aliphatic rings. The van der Waals surface area contributed by atoms with Crippen LogP contribution in [0.2, 0.25) is 0 Å². The highest BCUT2D eigenvalue weighted by Crippen LogP contribution is 2.36. The molecule has 2 heterocycles. The number of piperidine rings is 1. The van der Waals surface area contributed by atoms with E-state index in [2.05, 4.69) is 41.3 Å². The zero-order chi connectivity index (χ0) is 24.5. The molecule has 1 N–H and O–H groups in total. The van der Waals surface area contributed by atoms with E-state index >= 15 is 0 Å². The first-order chi connectivity index (χ1) is 16.0. The Morgan fingerprint density at radius 3 is 2.06 bits per heavy atom. The van der Waals surface area contributed by atoms with Gasteiger partial charge in [-0.3, -0.25) is 9.69 Å². The minimum absolute atomic E-state index is 0.126. The van der Waals surface area contributed by atoms with Crippen LogP contribution in [0.5, 0.6) is 0 Å². The van der Waals surface area contributed by atoms with Crippen LogP contribution in [0, 0.1) is 0 Å². The Kier molecular flexibility index (Phi) is 7.20. The second-order valence-corrected chi connectivity index (χ2v) is 10.8. The Hall–Kier alpha value is -2.19. The fourth-order valence-electron chi connectivity index (χ4n) is 4.52. The maximum absolute atomic E-state index is 12.8. The number of nitrogens with zero attached hydrogens (tertiary/aromatic N) is 2. The molecule has 6 nitrogen and oxygen atoms in total. The molecule has 7 heteroatoms. The van der Waals surface area contributed by atoms with E-state index in [0.29, 0.717) is 11.6 Å². The normalized spacial score (nSPS) is 20.6. The first-order valence-corrected chi connectivity index (χ1v) is 12.3. The van der Waals surface area contributed by atoms with Crippen LogP contribution in [-0.4, -0.2) is 67.3 Å². The zero-order valence-electron chi connectivity index (χ0n) is 21.4. The molecule has 1 amide bonds. The topological polar surface area (TPSA) is 54.0 Å². The van der Waals surface area contributed by atoms with E-state index in [1.165, 1.54) is 18.4 Å². The smallest absolute Gasteiger partial charge is 0.399 e. The predicted octanol–water partition coefficient (Wildman–Crippen LogP) is 3.76. The zero-order valence-corrected chi connectivity index (χ0v) is 21.4. The largest absolute Gasteiger partial charge is 0.494 e. The van der Waals surface area contributed by atoms with Gasteiger partial charge in [0.1, 0.15) is 0 Å². The van der Waals surface area contributed by atoms with Crippen LogP contribution < -0.4 is 10.8 Å². The van der Waals surface area contributed by atoms with Crippen LogP contribution in [0.1, 0.15) is 56.5 Å². The molecule has 0 bridgehead atoms. The van der Waals surface area contributed by atoms with E-state index in [9.17, 15) is 4.79 Å². The van der Waals surface area contributed by atoms with Gasteiger partial charge in [-0.25, -0.2) is 0 Å². The quantitative estimate of drug-likeness (QED) is 0.662. The molecule has 0 aliphatic carbocycles. The Morgan fingerprint density at radius 1 is 0.971 bits per heavy atom. The first kappa shape index (κ1) is 24.9. The van der Waals surface area contributed by atoms with Gasteiger partial charge >= 0.3 is 7.12 Å². The van der Waals surface area contributed by atoms with Crippen molar-refractivity contribution in [1.29, 1.82) is 0 Å². The Bertz CT molecular complexity index is 965. The molecule has 0 aromatic heterocycles. The van der Waals surface area contributed by atoms with Gasteiger partial charge in [0.05, 0.1) is 11.2 Å². The summed E-state index contributed by atoms with van der Waals surface area (Å²) in [5, 5.41) is 3.00. The lowest BCUT2D eigenvalue weighted by molar-refractivity contribution is 0.00578. The molecule has 2 aliphatic heterocycles. The van der Waals surface area contributed by atoms with Crippen molar-refractivity contribution in [3.8, 4) is 0 Å². The third-order valence-electron chi connectivity index (χ3n) is 7.60. The number of benzene rings is 2. The number of likely N-dealkylation sites (tertiary alicyclic amines) is 1. The first-order valence-electron chi connectivity index (χ1n) is 12.3. The fraction of sp³-hybridized carbons (Fsp3) is 0.519. The lowest BCUT2D eigenvalue weighted by Gasteiger charge is -2.35. The van der Waals surface area contributed by atoms with E-state index in [0.717, 1.165) is 30.8 Å². The van der Waals surface area contributed by atoms with E-state index < -0.39 is 7.12 Å². The Morgan fingerprint density at radius 2 is 1.53 bits per heavy atom. The predicted molar refractivity (Wildman–Crippen MR) is 139 cm³/mol. The molecule has 182 valence electrons. The second-order valence-electron chi connectivity index (χ2n) is 10.8. The van der Waals surface area contributed by atoms with Gasteiger partial charge in [-0.05, 0) is 103 Å². The summed E-state index contributed by atoms with van der Waals surface area (Å²) in [5.41, 5.74) is 2.82. The molecule has 34 heavy (non-hydrogen) atoms. The third kappa shape index (κ3) is 5.55. The molecule has 4 rings (SSSR count). The Balaban J connectivity index is 1.30. The van der Waals surface area contributed by atoms with Gasteiger partial charge in [0, 0.05) is 23.8 Å². The molecular weight excluding hydrogens is 425 g/mol. The number of hydrogen-bond acceptors (Lipinski definition) is 5. The average molecular weight is 463 g/mol. The minimum Gasteiger partial charge on any atom is -0.399 e. The van der Waals surface area contributed by atoms with E-state index in [-0.39, 0.29) is 17.1 Å². The molecule has 0 atom stereocenters. The van der Waals surface area contributed by atoms with Gasteiger partial charge < -0.3 is 19.5 Å². The molecule has 0 radical (unpaired) electrons. The summed E-state index contributed by atoms with van der Waals surface area (Å²) < 4.78 is 12.2. The van der Waals surface area contributed by atoms with Gasteiger partial charge in [-0.1, -0.05) is 24.3 Å². The van der Waals surface area contributed by atoms with Gasteiger partial charge in [0.15, 0.2) is 0 Å². The maximum Gasteiger partial charge on any atom is 0.494 e. The third-order valence-corrected chi connectivity index (χ3v) is 7.60. The number of carbonyl (C=O) groups excluding carboxylic acids is 1. The number of carbonyl (C=O) groups is 1. The summed E-state index contributed by atoms with van der Waals surface area (Å²) in [4.78, 5) is 17.6. The number of nitrogens with one attached hydrogen (secondary N) is 1. The summed E-state index contributed by atoms with van der Waals surface area (Å²) in [6.45, 7) is 11.3. The second kappa shape index (κ2) is 9.82. The molecular formula is C27H38BN3O3. The summed E-state index contributed by atoms with van der Waals surface area (Å²) in [5.74, 6) is -0.126. The number of rotatable bonds is 6. The van der Waals surface area contributed by atoms with Crippen molar-refractivity contribution >= 4 is 24.2 Å². The van der Waals surface area contributed by atoms with Crippen LogP contribution in [0.4, 0.5) is 5.69 Å². The van der Waals surface area contributed by atoms with Gasteiger partial charge in [0.25, 0.3) is 5.91 Å². The lowest BCUT2D eigenvalue weighted by Crippen LogP contribution is -2.41. The van der Waals surface area contributed by atoms with Crippen molar-refractivity contribution in [3.05, 3.63) is 59.7 Å². The highest BCUT2D eigenvalue weighted by molar-refractivity contribution is 6.62. The van der Waals surface area contributed by atoms with Gasteiger partial charge in [0.2, 0.25) is 0 Å². The van der Waals surface area contributed by atoms with Crippen molar-refractivity contribution in [3.63, 3.8) is 0 Å². The van der Waals surface area contributed by atoms with Crippen molar-refractivity contribution in [1.82, 2.24) is 9.80 Å². The highest BCUT2D eigenvalue weighted by Gasteiger charge is 2.51. The van der Waals surface area contributed by atoms with E-state index in [1.54, 1.807) is 0 Å². The fourth-order valence-corrected chi connectivity index (χ4v) is 4.52. The molecule has 2 fully saturated rings. The van der Waals surface area contributed by atoms with Crippen molar-refractivity contribution < 1.29 is 14.1 Å². The van der Waals surface area contributed by atoms with Gasteiger partial charge in [-0.15, -0.1) is 0 Å². The lowest BCUT2D eigenvalue weighted by atomic mass is 9.79. The Labute approximate surface area is 204 Å². The minimum atomic E-state index is -0.427. The van der Waals surface area contributed by atoms with Gasteiger partial charge in [-0.2, -0.15) is 0 Å².